The molecule has 2 rings (SSSR count). The number of likely N-dealkylation sites (N-methyl/N-ethyl adjacent to an activating group) is 1. The number of hydrogen-bond acceptors (Lipinski definition) is 6. The van der Waals surface area contributed by atoms with Gasteiger partial charge in [0.05, 0.1) is 28.9 Å². The third-order valence-electron chi connectivity index (χ3n) is 3.98. The SMILES string of the molecule is CCCC(CO)N(C)c1ccc(N=Nc2ccc([N+](=O)[O-])cc2)cc1. The van der Waals surface area contributed by atoms with Crippen LogP contribution in [0.15, 0.2) is 58.8 Å². The first kappa shape index (κ1) is 18.5. The number of nitro benzene ring substituents is 1. The smallest absolute Gasteiger partial charge is 0.269 e. The second-order valence-electron chi connectivity index (χ2n) is 5.73. The molecule has 0 heterocycles. The fourth-order valence-electron chi connectivity index (χ4n) is 2.46. The van der Waals surface area contributed by atoms with Crippen molar-refractivity contribution in [3.05, 3.63) is 58.6 Å². The number of nitrogens with zero attached hydrogens (tertiary/aromatic N) is 4. The van der Waals surface area contributed by atoms with Crippen LogP contribution < -0.4 is 4.90 Å². The fraction of sp³-hybridized carbons (Fsp3) is 0.333. The van der Waals surface area contributed by atoms with Crippen molar-refractivity contribution in [1.82, 2.24) is 0 Å². The third kappa shape index (κ3) is 5.09. The molecule has 0 aliphatic rings. The molecule has 7 nitrogen and oxygen atoms in total. The molecule has 25 heavy (non-hydrogen) atoms. The van der Waals surface area contributed by atoms with Gasteiger partial charge in [-0.2, -0.15) is 10.2 Å². The van der Waals surface area contributed by atoms with Gasteiger partial charge in [-0.3, -0.25) is 10.1 Å². The molecule has 132 valence electrons. The molecule has 0 aliphatic heterocycles. The topological polar surface area (TPSA) is 91.3 Å². The summed E-state index contributed by atoms with van der Waals surface area (Å²) in [5, 5.41) is 28.3. The Morgan fingerprint density at radius 2 is 1.60 bits per heavy atom. The van der Waals surface area contributed by atoms with Gasteiger partial charge < -0.3 is 10.0 Å². The molecule has 0 fully saturated rings. The third-order valence-corrected chi connectivity index (χ3v) is 3.98. The minimum atomic E-state index is -0.450. The molecule has 1 unspecified atom stereocenters. The molecule has 0 aliphatic carbocycles. The van der Waals surface area contributed by atoms with E-state index in [4.69, 9.17) is 0 Å². The standard InChI is InChI=1S/C18H22N4O3/c1-3-4-18(13-23)21(2)16-9-5-14(6-10-16)19-20-15-7-11-17(12-8-15)22(24)25/h5-12,18,23H,3-4,13H2,1-2H3. The summed E-state index contributed by atoms with van der Waals surface area (Å²) < 4.78 is 0. The lowest BCUT2D eigenvalue weighted by atomic mass is 10.1. The van der Waals surface area contributed by atoms with Gasteiger partial charge in [-0.25, -0.2) is 0 Å². The molecule has 0 saturated heterocycles. The fourth-order valence-corrected chi connectivity index (χ4v) is 2.46. The molecule has 2 aromatic rings. The molecular weight excluding hydrogens is 320 g/mol. The molecule has 0 amide bonds. The zero-order chi connectivity index (χ0) is 18.2. The van der Waals surface area contributed by atoms with Crippen LogP contribution in [0.4, 0.5) is 22.7 Å². The van der Waals surface area contributed by atoms with E-state index in [2.05, 4.69) is 22.1 Å². The Kier molecular flexibility index (Phi) is 6.59. The molecule has 0 saturated carbocycles. The van der Waals surface area contributed by atoms with Crippen molar-refractivity contribution in [3.63, 3.8) is 0 Å². The van der Waals surface area contributed by atoms with Crippen LogP contribution in [0.25, 0.3) is 0 Å². The zero-order valence-corrected chi connectivity index (χ0v) is 14.4. The average Bonchev–Trinajstić information content (AvgIpc) is 2.64. The summed E-state index contributed by atoms with van der Waals surface area (Å²) in [7, 11) is 1.96. The van der Waals surface area contributed by atoms with Crippen molar-refractivity contribution in [3.8, 4) is 0 Å². The Bertz CT molecular complexity index is 714. The van der Waals surface area contributed by atoms with Crippen molar-refractivity contribution in [2.24, 2.45) is 10.2 Å². The average molecular weight is 342 g/mol. The largest absolute Gasteiger partial charge is 0.394 e. The molecule has 0 radical (unpaired) electrons. The predicted octanol–water partition coefficient (Wildman–Crippen LogP) is 4.61. The molecule has 1 N–H and O–H groups in total. The number of aliphatic hydroxyl groups excluding tert-OH is 1. The van der Waals surface area contributed by atoms with Gasteiger partial charge in [0.25, 0.3) is 5.69 Å². The quantitative estimate of drug-likeness (QED) is 0.431. The summed E-state index contributed by atoms with van der Waals surface area (Å²) in [4.78, 5) is 12.2. The van der Waals surface area contributed by atoms with Crippen LogP contribution in [0.3, 0.4) is 0 Å². The van der Waals surface area contributed by atoms with E-state index in [1.165, 1.54) is 12.1 Å². The number of azo groups is 1. The zero-order valence-electron chi connectivity index (χ0n) is 14.4. The molecule has 0 bridgehead atoms. The van der Waals surface area contributed by atoms with E-state index in [0.29, 0.717) is 11.4 Å². The van der Waals surface area contributed by atoms with Crippen LogP contribution in [-0.4, -0.2) is 29.7 Å². The van der Waals surface area contributed by atoms with Gasteiger partial charge >= 0.3 is 0 Å². The maximum atomic E-state index is 10.6. The van der Waals surface area contributed by atoms with Gasteiger partial charge in [0, 0.05) is 24.9 Å². The summed E-state index contributed by atoms with van der Waals surface area (Å²) in [5.41, 5.74) is 2.26. The highest BCUT2D eigenvalue weighted by Crippen LogP contribution is 2.24. The number of non-ortho nitro benzene ring substituents is 1. The second-order valence-corrected chi connectivity index (χ2v) is 5.73. The van der Waals surface area contributed by atoms with E-state index in [-0.39, 0.29) is 18.3 Å². The number of hydrogen-bond donors (Lipinski definition) is 1. The van der Waals surface area contributed by atoms with Crippen LogP contribution in [0.5, 0.6) is 0 Å². The van der Waals surface area contributed by atoms with E-state index < -0.39 is 4.92 Å². The second kappa shape index (κ2) is 8.89. The molecule has 7 heteroatoms. The Hall–Kier alpha value is -2.80. The van der Waals surface area contributed by atoms with Gasteiger partial charge in [-0.1, -0.05) is 13.3 Å². The Morgan fingerprint density at radius 1 is 1.08 bits per heavy atom. The first-order chi connectivity index (χ1) is 12.0. The molecule has 0 spiro atoms. The monoisotopic (exact) mass is 342 g/mol. The van der Waals surface area contributed by atoms with Gasteiger partial charge in [0.1, 0.15) is 0 Å². The summed E-state index contributed by atoms with van der Waals surface area (Å²) in [6.45, 7) is 2.21. The van der Waals surface area contributed by atoms with Gasteiger partial charge in [0.2, 0.25) is 0 Å². The lowest BCUT2D eigenvalue weighted by Gasteiger charge is -2.28. The Labute approximate surface area is 146 Å². The van der Waals surface area contributed by atoms with Crippen molar-refractivity contribution in [2.45, 2.75) is 25.8 Å². The summed E-state index contributed by atoms with van der Waals surface area (Å²) in [5.74, 6) is 0. The summed E-state index contributed by atoms with van der Waals surface area (Å²) in [6, 6.07) is 13.6. The van der Waals surface area contributed by atoms with Crippen LogP contribution in [-0.2, 0) is 0 Å². The van der Waals surface area contributed by atoms with E-state index in [0.717, 1.165) is 18.5 Å². The van der Waals surface area contributed by atoms with Gasteiger partial charge in [-0.15, -0.1) is 0 Å². The molecule has 1 atom stereocenters. The highest BCUT2D eigenvalue weighted by atomic mass is 16.6. The van der Waals surface area contributed by atoms with E-state index >= 15 is 0 Å². The van der Waals surface area contributed by atoms with E-state index in [9.17, 15) is 15.2 Å². The highest BCUT2D eigenvalue weighted by Gasteiger charge is 2.13. The highest BCUT2D eigenvalue weighted by molar-refractivity contribution is 5.53. The predicted molar refractivity (Wildman–Crippen MR) is 97.9 cm³/mol. The van der Waals surface area contributed by atoms with Crippen molar-refractivity contribution in [2.75, 3.05) is 18.6 Å². The van der Waals surface area contributed by atoms with Crippen LogP contribution in [0.1, 0.15) is 19.8 Å². The lowest BCUT2D eigenvalue weighted by molar-refractivity contribution is -0.384. The molecule has 2 aromatic carbocycles. The first-order valence-electron chi connectivity index (χ1n) is 8.15. The molecule has 0 aromatic heterocycles. The normalized spacial score (nSPS) is 12.3. The Morgan fingerprint density at radius 3 is 2.04 bits per heavy atom. The van der Waals surface area contributed by atoms with Crippen LogP contribution in [0.2, 0.25) is 0 Å². The van der Waals surface area contributed by atoms with E-state index in [1.807, 2.05) is 31.3 Å². The minimum absolute atomic E-state index is 0.0249. The Balaban J connectivity index is 2.05. The van der Waals surface area contributed by atoms with E-state index in [1.54, 1.807) is 12.1 Å². The van der Waals surface area contributed by atoms with Crippen molar-refractivity contribution >= 4 is 22.7 Å². The maximum absolute atomic E-state index is 10.6. The van der Waals surface area contributed by atoms with Crippen molar-refractivity contribution in [1.29, 1.82) is 0 Å². The number of anilines is 1. The van der Waals surface area contributed by atoms with Crippen LogP contribution >= 0.6 is 0 Å². The lowest BCUT2D eigenvalue weighted by Crippen LogP contribution is -2.34. The summed E-state index contributed by atoms with van der Waals surface area (Å²) in [6.07, 6.45) is 1.94. The van der Waals surface area contributed by atoms with Crippen LogP contribution in [0, 0.1) is 10.1 Å². The number of aliphatic hydroxyl groups is 1. The minimum Gasteiger partial charge on any atom is -0.394 e. The summed E-state index contributed by atoms with van der Waals surface area (Å²) >= 11 is 0. The van der Waals surface area contributed by atoms with Gasteiger partial charge in [0.15, 0.2) is 0 Å². The maximum Gasteiger partial charge on any atom is 0.269 e. The van der Waals surface area contributed by atoms with Gasteiger partial charge in [-0.05, 0) is 42.8 Å². The number of rotatable bonds is 8. The molecular formula is C18H22N4O3. The number of benzene rings is 2. The van der Waals surface area contributed by atoms with Crippen molar-refractivity contribution < 1.29 is 10.0 Å². The first-order valence-corrected chi connectivity index (χ1v) is 8.15. The number of nitro groups is 1.